The van der Waals surface area contributed by atoms with Gasteiger partial charge in [0, 0.05) is 36.7 Å². The van der Waals surface area contributed by atoms with Crippen LogP contribution in [0.1, 0.15) is 40.5 Å². The molecular formula is C20H30N2O4. The highest BCUT2D eigenvalue weighted by Crippen LogP contribution is 2.31. The van der Waals surface area contributed by atoms with Crippen molar-refractivity contribution in [2.75, 3.05) is 31.6 Å². The molecule has 0 aromatic heterocycles. The van der Waals surface area contributed by atoms with Gasteiger partial charge in [0.15, 0.2) is 11.5 Å². The third kappa shape index (κ3) is 5.13. The van der Waals surface area contributed by atoms with Gasteiger partial charge in [0.05, 0.1) is 13.2 Å². The molecule has 2 rings (SSSR count). The number of ether oxygens (including phenoxy) is 2. The molecular weight excluding hydrogens is 332 g/mol. The predicted molar refractivity (Wildman–Crippen MR) is 102 cm³/mol. The topological polar surface area (TPSA) is 67.9 Å². The Morgan fingerprint density at radius 3 is 2.31 bits per heavy atom. The minimum Gasteiger partial charge on any atom is -0.490 e. The summed E-state index contributed by atoms with van der Waals surface area (Å²) < 4.78 is 11.1. The fourth-order valence-electron chi connectivity index (χ4n) is 3.10. The summed E-state index contributed by atoms with van der Waals surface area (Å²) in [6.45, 7) is 10.0. The molecule has 1 fully saturated rings. The Labute approximate surface area is 155 Å². The van der Waals surface area contributed by atoms with Crippen LogP contribution in [-0.2, 0) is 9.59 Å². The van der Waals surface area contributed by atoms with E-state index in [0.29, 0.717) is 56.3 Å². The normalized spacial score (nSPS) is 15.0. The molecule has 0 atom stereocenters. The van der Waals surface area contributed by atoms with E-state index in [0.717, 1.165) is 0 Å². The number of benzene rings is 1. The van der Waals surface area contributed by atoms with Gasteiger partial charge in [-0.1, -0.05) is 13.8 Å². The summed E-state index contributed by atoms with van der Waals surface area (Å²) in [5.74, 6) is 1.39. The second kappa shape index (κ2) is 9.46. The van der Waals surface area contributed by atoms with E-state index in [4.69, 9.17) is 9.47 Å². The lowest BCUT2D eigenvalue weighted by Gasteiger charge is -2.32. The summed E-state index contributed by atoms with van der Waals surface area (Å²) in [7, 11) is 0. The van der Waals surface area contributed by atoms with Crippen LogP contribution in [0.15, 0.2) is 18.2 Å². The summed E-state index contributed by atoms with van der Waals surface area (Å²) in [5.41, 5.74) is 0.697. The number of amides is 2. The van der Waals surface area contributed by atoms with Crippen molar-refractivity contribution in [2.45, 2.75) is 40.5 Å². The van der Waals surface area contributed by atoms with Crippen molar-refractivity contribution in [3.8, 4) is 11.5 Å². The lowest BCUT2D eigenvalue weighted by atomic mass is 9.95. The van der Waals surface area contributed by atoms with Crippen LogP contribution in [0.25, 0.3) is 0 Å². The largest absolute Gasteiger partial charge is 0.490 e. The lowest BCUT2D eigenvalue weighted by molar-refractivity contribution is -0.137. The molecule has 1 saturated heterocycles. The number of hydrogen-bond donors (Lipinski definition) is 1. The number of nitrogens with zero attached hydrogens (tertiary/aromatic N) is 1. The second-order valence-corrected chi connectivity index (χ2v) is 6.77. The van der Waals surface area contributed by atoms with Crippen molar-refractivity contribution >= 4 is 17.5 Å². The van der Waals surface area contributed by atoms with Gasteiger partial charge < -0.3 is 19.7 Å². The molecule has 144 valence electrons. The van der Waals surface area contributed by atoms with E-state index >= 15 is 0 Å². The van der Waals surface area contributed by atoms with Crippen LogP contribution in [-0.4, -0.2) is 43.0 Å². The van der Waals surface area contributed by atoms with Crippen LogP contribution < -0.4 is 14.8 Å². The molecule has 1 aliphatic rings. The Morgan fingerprint density at radius 2 is 1.73 bits per heavy atom. The monoisotopic (exact) mass is 362 g/mol. The average Bonchev–Trinajstić information content (AvgIpc) is 2.63. The van der Waals surface area contributed by atoms with Gasteiger partial charge in [0.25, 0.3) is 0 Å². The van der Waals surface area contributed by atoms with Crippen LogP contribution in [0.4, 0.5) is 5.69 Å². The third-order valence-electron chi connectivity index (χ3n) is 4.48. The summed E-state index contributed by atoms with van der Waals surface area (Å²) in [5, 5.41) is 2.97. The summed E-state index contributed by atoms with van der Waals surface area (Å²) in [6.07, 6.45) is 1.39. The van der Waals surface area contributed by atoms with Gasteiger partial charge in [-0.25, -0.2) is 0 Å². The molecule has 6 heteroatoms. The first kappa shape index (κ1) is 20.1. The highest BCUT2D eigenvalue weighted by atomic mass is 16.5. The van der Waals surface area contributed by atoms with E-state index in [1.54, 1.807) is 6.07 Å². The number of hydrogen-bond acceptors (Lipinski definition) is 4. The van der Waals surface area contributed by atoms with Crippen LogP contribution in [0, 0.1) is 11.8 Å². The standard InChI is InChI=1S/C20H30N2O4/c1-5-25-17-8-7-16(13-18(17)26-6-2)21-19(23)15-9-11-22(12-10-15)20(24)14(3)4/h7-8,13-15H,5-6,9-12H2,1-4H3,(H,21,23). The molecule has 2 amide bonds. The summed E-state index contributed by atoms with van der Waals surface area (Å²) in [4.78, 5) is 26.5. The molecule has 0 radical (unpaired) electrons. The number of anilines is 1. The third-order valence-corrected chi connectivity index (χ3v) is 4.48. The smallest absolute Gasteiger partial charge is 0.227 e. The quantitative estimate of drug-likeness (QED) is 0.808. The van der Waals surface area contributed by atoms with Gasteiger partial charge in [0.2, 0.25) is 11.8 Å². The van der Waals surface area contributed by atoms with Gasteiger partial charge in [-0.3, -0.25) is 9.59 Å². The zero-order chi connectivity index (χ0) is 19.1. The van der Waals surface area contributed by atoms with Crippen LogP contribution in [0.2, 0.25) is 0 Å². The number of rotatable bonds is 7. The van der Waals surface area contributed by atoms with Crippen molar-refractivity contribution in [2.24, 2.45) is 11.8 Å². The minimum absolute atomic E-state index is 0.00113. The van der Waals surface area contributed by atoms with E-state index in [1.165, 1.54) is 0 Å². The minimum atomic E-state index is -0.0756. The second-order valence-electron chi connectivity index (χ2n) is 6.77. The van der Waals surface area contributed by atoms with Crippen LogP contribution in [0.5, 0.6) is 11.5 Å². The van der Waals surface area contributed by atoms with Crippen LogP contribution >= 0.6 is 0 Å². The molecule has 1 heterocycles. The molecule has 1 N–H and O–H groups in total. The number of nitrogens with one attached hydrogen (secondary N) is 1. The Morgan fingerprint density at radius 1 is 1.12 bits per heavy atom. The summed E-state index contributed by atoms with van der Waals surface area (Å²) >= 11 is 0. The van der Waals surface area contributed by atoms with E-state index in [2.05, 4.69) is 5.32 Å². The summed E-state index contributed by atoms with van der Waals surface area (Å²) in [6, 6.07) is 5.43. The van der Waals surface area contributed by atoms with Crippen molar-refractivity contribution in [1.29, 1.82) is 0 Å². The first-order valence-electron chi connectivity index (χ1n) is 9.45. The average molecular weight is 362 g/mol. The lowest BCUT2D eigenvalue weighted by Crippen LogP contribution is -2.43. The molecule has 0 bridgehead atoms. The Kier molecular flexibility index (Phi) is 7.30. The molecule has 6 nitrogen and oxygen atoms in total. The molecule has 0 saturated carbocycles. The van der Waals surface area contributed by atoms with E-state index in [9.17, 15) is 9.59 Å². The predicted octanol–water partition coefficient (Wildman–Crippen LogP) is 3.32. The number of carbonyl (C=O) groups excluding carboxylic acids is 2. The van der Waals surface area contributed by atoms with Gasteiger partial charge in [0.1, 0.15) is 0 Å². The van der Waals surface area contributed by atoms with Crippen molar-refractivity contribution in [3.05, 3.63) is 18.2 Å². The van der Waals surface area contributed by atoms with E-state index in [-0.39, 0.29) is 23.7 Å². The Bertz CT molecular complexity index is 622. The van der Waals surface area contributed by atoms with Crippen molar-refractivity contribution in [1.82, 2.24) is 4.90 Å². The Hall–Kier alpha value is -2.24. The van der Waals surface area contributed by atoms with Crippen molar-refractivity contribution < 1.29 is 19.1 Å². The first-order chi connectivity index (χ1) is 12.5. The SMILES string of the molecule is CCOc1ccc(NC(=O)C2CCN(C(=O)C(C)C)CC2)cc1OCC. The van der Waals surface area contributed by atoms with E-state index < -0.39 is 0 Å². The fraction of sp³-hybridized carbons (Fsp3) is 0.600. The van der Waals surface area contributed by atoms with Gasteiger partial charge in [-0.2, -0.15) is 0 Å². The maximum absolute atomic E-state index is 12.6. The zero-order valence-corrected chi connectivity index (χ0v) is 16.2. The molecule has 0 aliphatic carbocycles. The van der Waals surface area contributed by atoms with E-state index in [1.807, 2.05) is 44.7 Å². The first-order valence-corrected chi connectivity index (χ1v) is 9.45. The Balaban J connectivity index is 1.95. The highest BCUT2D eigenvalue weighted by Gasteiger charge is 2.28. The number of piperidine rings is 1. The maximum Gasteiger partial charge on any atom is 0.227 e. The highest BCUT2D eigenvalue weighted by molar-refractivity contribution is 5.93. The molecule has 0 spiro atoms. The molecule has 0 unspecified atom stereocenters. The van der Waals surface area contributed by atoms with Gasteiger partial charge in [-0.15, -0.1) is 0 Å². The zero-order valence-electron chi connectivity index (χ0n) is 16.2. The molecule has 1 aromatic rings. The van der Waals surface area contributed by atoms with Gasteiger partial charge >= 0.3 is 0 Å². The molecule has 26 heavy (non-hydrogen) atoms. The molecule has 1 aliphatic heterocycles. The van der Waals surface area contributed by atoms with Crippen LogP contribution in [0.3, 0.4) is 0 Å². The fourth-order valence-corrected chi connectivity index (χ4v) is 3.10. The van der Waals surface area contributed by atoms with Crippen molar-refractivity contribution in [3.63, 3.8) is 0 Å². The molecule has 1 aromatic carbocycles. The maximum atomic E-state index is 12.6. The van der Waals surface area contributed by atoms with Gasteiger partial charge in [-0.05, 0) is 38.8 Å². The number of carbonyl (C=O) groups is 2. The number of likely N-dealkylation sites (tertiary alicyclic amines) is 1.